The number of methoxy groups -OCH3 is 1. The van der Waals surface area contributed by atoms with Crippen molar-refractivity contribution >= 4 is 23.2 Å². The molecule has 0 bridgehead atoms. The van der Waals surface area contributed by atoms with E-state index in [-0.39, 0.29) is 11.8 Å². The van der Waals surface area contributed by atoms with Crippen LogP contribution >= 0.6 is 0 Å². The van der Waals surface area contributed by atoms with Gasteiger partial charge >= 0.3 is 0 Å². The molecule has 124 valence electrons. The lowest BCUT2D eigenvalue weighted by Gasteiger charge is -2.23. The molecule has 23 heavy (non-hydrogen) atoms. The van der Waals surface area contributed by atoms with E-state index in [0.29, 0.717) is 24.4 Å². The number of amides is 2. The van der Waals surface area contributed by atoms with Crippen LogP contribution < -0.4 is 20.7 Å². The van der Waals surface area contributed by atoms with Gasteiger partial charge in [-0.1, -0.05) is 12.8 Å². The quantitative estimate of drug-likeness (QED) is 0.890. The average molecular weight is 317 g/mol. The zero-order valence-corrected chi connectivity index (χ0v) is 13.4. The lowest BCUT2D eigenvalue weighted by Crippen LogP contribution is -2.48. The van der Waals surface area contributed by atoms with Crippen molar-refractivity contribution in [1.29, 1.82) is 0 Å². The number of nitrogens with one attached hydrogen (secondary N) is 1. The number of hydrogen-bond acceptors (Lipinski definition) is 4. The fourth-order valence-corrected chi connectivity index (χ4v) is 3.37. The summed E-state index contributed by atoms with van der Waals surface area (Å²) in [6, 6.07) is 5.35. The van der Waals surface area contributed by atoms with Crippen LogP contribution in [-0.2, 0) is 9.59 Å². The van der Waals surface area contributed by atoms with Crippen LogP contribution in [0.2, 0.25) is 0 Å². The molecule has 6 heteroatoms. The minimum atomic E-state index is -0.767. The largest absolute Gasteiger partial charge is 0.494 e. The van der Waals surface area contributed by atoms with Crippen molar-refractivity contribution in [3.63, 3.8) is 0 Å². The Morgan fingerprint density at radius 2 is 2.04 bits per heavy atom. The first kappa shape index (κ1) is 15.8. The molecule has 1 aliphatic carbocycles. The van der Waals surface area contributed by atoms with E-state index in [1.807, 2.05) is 6.07 Å². The van der Waals surface area contributed by atoms with Crippen LogP contribution in [-0.4, -0.2) is 31.0 Å². The van der Waals surface area contributed by atoms with Crippen molar-refractivity contribution in [1.82, 2.24) is 0 Å². The summed E-state index contributed by atoms with van der Waals surface area (Å²) in [6.07, 6.45) is 4.84. The molecule has 3 N–H and O–H groups in total. The van der Waals surface area contributed by atoms with Gasteiger partial charge in [0.05, 0.1) is 18.3 Å². The van der Waals surface area contributed by atoms with Gasteiger partial charge in [0.2, 0.25) is 11.8 Å². The highest BCUT2D eigenvalue weighted by Gasteiger charge is 2.37. The Balaban J connectivity index is 1.79. The fraction of sp³-hybridized carbons (Fsp3) is 0.529. The lowest BCUT2D eigenvalue weighted by atomic mass is 9.98. The average Bonchev–Trinajstić information content (AvgIpc) is 3.17. The molecule has 0 unspecified atom stereocenters. The normalized spacial score (nSPS) is 19.9. The highest BCUT2D eigenvalue weighted by molar-refractivity contribution is 6.00. The summed E-state index contributed by atoms with van der Waals surface area (Å²) < 4.78 is 5.40. The van der Waals surface area contributed by atoms with Gasteiger partial charge < -0.3 is 20.7 Å². The number of nitrogens with two attached hydrogens (primary N) is 1. The summed E-state index contributed by atoms with van der Waals surface area (Å²) in [5, 5.41) is 2.88. The molecule has 0 spiro atoms. The molecule has 1 saturated carbocycles. The molecule has 1 heterocycles. The highest BCUT2D eigenvalue weighted by atomic mass is 16.5. The molecule has 0 atom stereocenters. The van der Waals surface area contributed by atoms with Crippen LogP contribution in [0.5, 0.6) is 5.75 Å². The van der Waals surface area contributed by atoms with E-state index in [1.165, 1.54) is 0 Å². The summed E-state index contributed by atoms with van der Waals surface area (Å²) in [7, 11) is 1.56. The topological polar surface area (TPSA) is 84.7 Å². The van der Waals surface area contributed by atoms with E-state index in [1.54, 1.807) is 24.1 Å². The van der Waals surface area contributed by atoms with E-state index in [0.717, 1.165) is 37.8 Å². The van der Waals surface area contributed by atoms with Crippen molar-refractivity contribution in [2.45, 2.75) is 44.1 Å². The molecular formula is C17H23N3O3. The predicted molar refractivity (Wildman–Crippen MR) is 88.6 cm³/mol. The van der Waals surface area contributed by atoms with Crippen LogP contribution in [0.15, 0.2) is 18.2 Å². The van der Waals surface area contributed by atoms with Gasteiger partial charge in [-0.3, -0.25) is 9.59 Å². The highest BCUT2D eigenvalue weighted by Crippen LogP contribution is 2.34. The summed E-state index contributed by atoms with van der Waals surface area (Å²) in [4.78, 5) is 26.0. The van der Waals surface area contributed by atoms with E-state index in [2.05, 4.69) is 5.32 Å². The second-order valence-corrected chi connectivity index (χ2v) is 6.35. The third-order valence-electron chi connectivity index (χ3n) is 4.75. The molecule has 2 fully saturated rings. The Bertz CT molecular complexity index is 624. The van der Waals surface area contributed by atoms with Crippen LogP contribution in [0.1, 0.15) is 38.5 Å². The zero-order valence-electron chi connectivity index (χ0n) is 13.4. The molecule has 1 aliphatic heterocycles. The Hall–Kier alpha value is -2.08. The van der Waals surface area contributed by atoms with Gasteiger partial charge in [0.15, 0.2) is 0 Å². The maximum absolute atomic E-state index is 12.4. The summed E-state index contributed by atoms with van der Waals surface area (Å²) in [6.45, 7) is 0.701. The Morgan fingerprint density at radius 1 is 1.30 bits per heavy atom. The van der Waals surface area contributed by atoms with Gasteiger partial charge in [0.25, 0.3) is 0 Å². The first-order valence-corrected chi connectivity index (χ1v) is 8.12. The monoisotopic (exact) mass is 317 g/mol. The smallest absolute Gasteiger partial charge is 0.244 e. The number of benzene rings is 1. The number of nitrogens with zero attached hydrogens (tertiary/aromatic N) is 1. The van der Waals surface area contributed by atoms with E-state index >= 15 is 0 Å². The third kappa shape index (κ3) is 3.03. The standard InChI is InChI=1S/C17H23N3O3/c1-23-14-11-12(19-16(22)17(18)8-2-3-9-17)6-7-13(14)20-10-4-5-15(20)21/h6-7,11H,2-5,8-10,18H2,1H3,(H,19,22). The molecule has 0 aromatic heterocycles. The van der Waals surface area contributed by atoms with Crippen molar-refractivity contribution in [3.8, 4) is 5.75 Å². The molecule has 3 rings (SSSR count). The second-order valence-electron chi connectivity index (χ2n) is 6.35. The summed E-state index contributed by atoms with van der Waals surface area (Å²) in [5.41, 5.74) is 6.79. The number of rotatable bonds is 4. The first-order chi connectivity index (χ1) is 11.0. The zero-order chi connectivity index (χ0) is 16.4. The number of hydrogen-bond donors (Lipinski definition) is 2. The van der Waals surface area contributed by atoms with Crippen LogP contribution in [0.4, 0.5) is 11.4 Å². The third-order valence-corrected chi connectivity index (χ3v) is 4.75. The van der Waals surface area contributed by atoms with Gasteiger partial charge in [-0.2, -0.15) is 0 Å². The lowest BCUT2D eigenvalue weighted by molar-refractivity contribution is -0.121. The summed E-state index contributed by atoms with van der Waals surface area (Å²) in [5.74, 6) is 0.532. The van der Waals surface area contributed by atoms with E-state index in [4.69, 9.17) is 10.5 Å². The van der Waals surface area contributed by atoms with E-state index < -0.39 is 5.54 Å². The number of carbonyl (C=O) groups excluding carboxylic acids is 2. The summed E-state index contributed by atoms with van der Waals surface area (Å²) >= 11 is 0. The molecule has 1 aromatic carbocycles. The Labute approximate surface area is 136 Å². The van der Waals surface area contributed by atoms with Crippen molar-refractivity contribution in [3.05, 3.63) is 18.2 Å². The minimum Gasteiger partial charge on any atom is -0.494 e. The van der Waals surface area contributed by atoms with Crippen LogP contribution in [0.25, 0.3) is 0 Å². The van der Waals surface area contributed by atoms with Gasteiger partial charge in [-0.05, 0) is 31.4 Å². The number of carbonyl (C=O) groups is 2. The van der Waals surface area contributed by atoms with Gasteiger partial charge in [0, 0.05) is 24.7 Å². The van der Waals surface area contributed by atoms with E-state index in [9.17, 15) is 9.59 Å². The molecule has 1 aromatic rings. The SMILES string of the molecule is COc1cc(NC(=O)C2(N)CCCC2)ccc1N1CCCC1=O. The van der Waals surface area contributed by atoms with Crippen LogP contribution in [0, 0.1) is 0 Å². The molecule has 1 saturated heterocycles. The predicted octanol–water partition coefficient (Wildman–Crippen LogP) is 2.03. The van der Waals surface area contributed by atoms with Gasteiger partial charge in [-0.15, -0.1) is 0 Å². The molecular weight excluding hydrogens is 294 g/mol. The first-order valence-electron chi connectivity index (χ1n) is 8.12. The fourth-order valence-electron chi connectivity index (χ4n) is 3.37. The second kappa shape index (κ2) is 6.20. The van der Waals surface area contributed by atoms with Crippen LogP contribution in [0.3, 0.4) is 0 Å². The molecule has 2 amide bonds. The van der Waals surface area contributed by atoms with Gasteiger partial charge in [-0.25, -0.2) is 0 Å². The number of ether oxygens (including phenoxy) is 1. The van der Waals surface area contributed by atoms with Gasteiger partial charge in [0.1, 0.15) is 5.75 Å². The molecule has 6 nitrogen and oxygen atoms in total. The molecule has 0 radical (unpaired) electrons. The van der Waals surface area contributed by atoms with Crippen molar-refractivity contribution in [2.24, 2.45) is 5.73 Å². The number of anilines is 2. The maximum atomic E-state index is 12.4. The minimum absolute atomic E-state index is 0.104. The maximum Gasteiger partial charge on any atom is 0.244 e. The Morgan fingerprint density at radius 3 is 2.65 bits per heavy atom. The molecule has 2 aliphatic rings. The Kier molecular flexibility index (Phi) is 4.26. The van der Waals surface area contributed by atoms with Crippen molar-refractivity contribution in [2.75, 3.05) is 23.9 Å². The van der Waals surface area contributed by atoms with Crippen molar-refractivity contribution < 1.29 is 14.3 Å².